The second kappa shape index (κ2) is 6.23. The number of benzene rings is 1. The largest absolute Gasteiger partial charge is 0.497 e. The lowest BCUT2D eigenvalue weighted by Gasteiger charge is -2.05. The van der Waals surface area contributed by atoms with Crippen LogP contribution in [0.15, 0.2) is 28.0 Å². The molecule has 0 aliphatic rings. The molecule has 0 spiro atoms. The van der Waals surface area contributed by atoms with E-state index in [9.17, 15) is 9.90 Å². The number of nitrogens with zero attached hydrogens (tertiary/aromatic N) is 1. The first kappa shape index (κ1) is 14.8. The van der Waals surface area contributed by atoms with Crippen molar-refractivity contribution < 1.29 is 14.6 Å². The van der Waals surface area contributed by atoms with Gasteiger partial charge in [-0.2, -0.15) is 0 Å². The van der Waals surface area contributed by atoms with Crippen molar-refractivity contribution >= 4 is 24.1 Å². The van der Waals surface area contributed by atoms with E-state index in [0.29, 0.717) is 17.2 Å². The van der Waals surface area contributed by atoms with E-state index in [1.54, 1.807) is 18.2 Å². The zero-order chi connectivity index (χ0) is 15.4. The maximum atomic E-state index is 11.7. The van der Waals surface area contributed by atoms with Crippen LogP contribution in [0.5, 0.6) is 17.4 Å². The van der Waals surface area contributed by atoms with Crippen LogP contribution < -0.4 is 15.0 Å². The topological polar surface area (TPSA) is 99.7 Å². The third-order valence-electron chi connectivity index (χ3n) is 2.64. The SMILES string of the molecule is COc1cc(N=Cc2c(O)[nH]c(=S)[nH]c2=O)cc(OC)c1. The van der Waals surface area contributed by atoms with Gasteiger partial charge in [0, 0.05) is 24.4 Å². The molecule has 1 aromatic heterocycles. The molecule has 0 aliphatic heterocycles. The van der Waals surface area contributed by atoms with Gasteiger partial charge in [-0.3, -0.25) is 14.8 Å². The Morgan fingerprint density at radius 3 is 2.33 bits per heavy atom. The van der Waals surface area contributed by atoms with E-state index in [1.165, 1.54) is 20.4 Å². The Kier molecular flexibility index (Phi) is 4.39. The first-order chi connectivity index (χ1) is 10.0. The summed E-state index contributed by atoms with van der Waals surface area (Å²) in [5.41, 5.74) is -0.0484. The molecular formula is C13H13N3O4S. The van der Waals surface area contributed by atoms with Gasteiger partial charge in [0.15, 0.2) is 4.77 Å². The zero-order valence-corrected chi connectivity index (χ0v) is 12.2. The van der Waals surface area contributed by atoms with Crippen molar-refractivity contribution in [2.75, 3.05) is 14.2 Å². The summed E-state index contributed by atoms with van der Waals surface area (Å²) in [6.07, 6.45) is 1.23. The van der Waals surface area contributed by atoms with Gasteiger partial charge in [0.05, 0.1) is 19.9 Å². The highest BCUT2D eigenvalue weighted by molar-refractivity contribution is 7.71. The van der Waals surface area contributed by atoms with Crippen molar-refractivity contribution in [2.24, 2.45) is 4.99 Å². The quantitative estimate of drug-likeness (QED) is 0.592. The lowest BCUT2D eigenvalue weighted by molar-refractivity contribution is 0.394. The fraction of sp³-hybridized carbons (Fsp3) is 0.154. The van der Waals surface area contributed by atoms with E-state index in [4.69, 9.17) is 21.7 Å². The normalized spacial score (nSPS) is 10.8. The van der Waals surface area contributed by atoms with Gasteiger partial charge in [0.2, 0.25) is 5.88 Å². The molecule has 0 unspecified atom stereocenters. The molecule has 3 N–H and O–H groups in total. The minimum atomic E-state index is -0.533. The number of aromatic nitrogens is 2. The molecule has 2 rings (SSSR count). The lowest BCUT2D eigenvalue weighted by atomic mass is 10.2. The molecule has 0 fully saturated rings. The summed E-state index contributed by atoms with van der Waals surface area (Å²) in [5, 5.41) is 9.67. The smallest absolute Gasteiger partial charge is 0.264 e. The van der Waals surface area contributed by atoms with Gasteiger partial charge in [0.25, 0.3) is 5.56 Å². The molecule has 1 heterocycles. The summed E-state index contributed by atoms with van der Waals surface area (Å²) in [5.74, 6) is 0.779. The monoisotopic (exact) mass is 307 g/mol. The van der Waals surface area contributed by atoms with Gasteiger partial charge >= 0.3 is 0 Å². The number of aliphatic imine (C=N–C) groups is 1. The number of methoxy groups -OCH3 is 2. The number of hydrogen-bond donors (Lipinski definition) is 3. The van der Waals surface area contributed by atoms with Gasteiger partial charge in [-0.25, -0.2) is 0 Å². The number of H-pyrrole nitrogens is 2. The van der Waals surface area contributed by atoms with E-state index in [2.05, 4.69) is 15.0 Å². The van der Waals surface area contributed by atoms with Crippen molar-refractivity contribution in [1.82, 2.24) is 9.97 Å². The molecule has 1 aromatic carbocycles. The van der Waals surface area contributed by atoms with Gasteiger partial charge in [-0.05, 0) is 12.2 Å². The van der Waals surface area contributed by atoms with Gasteiger partial charge < -0.3 is 19.6 Å². The van der Waals surface area contributed by atoms with E-state index < -0.39 is 5.56 Å². The van der Waals surface area contributed by atoms with Crippen LogP contribution in [0.1, 0.15) is 5.56 Å². The molecule has 7 nitrogen and oxygen atoms in total. The third-order valence-corrected chi connectivity index (χ3v) is 2.84. The van der Waals surface area contributed by atoms with Crippen molar-refractivity contribution in [3.05, 3.63) is 38.9 Å². The van der Waals surface area contributed by atoms with Crippen LogP contribution in [0.4, 0.5) is 5.69 Å². The fourth-order valence-corrected chi connectivity index (χ4v) is 1.80. The number of rotatable bonds is 4. The third kappa shape index (κ3) is 3.48. The summed E-state index contributed by atoms with van der Waals surface area (Å²) in [6, 6.07) is 5.02. The van der Waals surface area contributed by atoms with Gasteiger partial charge in [-0.1, -0.05) is 0 Å². The summed E-state index contributed by atoms with van der Waals surface area (Å²) in [6.45, 7) is 0. The summed E-state index contributed by atoms with van der Waals surface area (Å²) < 4.78 is 10.3. The second-order valence-electron chi connectivity index (χ2n) is 4.00. The molecular weight excluding hydrogens is 294 g/mol. The highest BCUT2D eigenvalue weighted by Gasteiger charge is 2.05. The molecule has 8 heteroatoms. The molecule has 0 radical (unpaired) electrons. The average Bonchev–Trinajstić information content (AvgIpc) is 2.45. The van der Waals surface area contributed by atoms with Crippen LogP contribution in [0, 0.1) is 4.77 Å². The second-order valence-corrected chi connectivity index (χ2v) is 4.41. The van der Waals surface area contributed by atoms with Crippen molar-refractivity contribution in [2.45, 2.75) is 0 Å². The maximum Gasteiger partial charge on any atom is 0.264 e. The Morgan fingerprint density at radius 1 is 1.19 bits per heavy atom. The van der Waals surface area contributed by atoms with Crippen LogP contribution in [0.2, 0.25) is 0 Å². The Balaban J connectivity index is 2.42. The lowest BCUT2D eigenvalue weighted by Crippen LogP contribution is -2.13. The van der Waals surface area contributed by atoms with E-state index in [1.807, 2.05) is 0 Å². The Hall–Kier alpha value is -2.61. The molecule has 21 heavy (non-hydrogen) atoms. The van der Waals surface area contributed by atoms with Crippen molar-refractivity contribution in [3.8, 4) is 17.4 Å². The summed E-state index contributed by atoms with van der Waals surface area (Å²) in [4.78, 5) is 20.6. The van der Waals surface area contributed by atoms with Gasteiger partial charge in [-0.15, -0.1) is 0 Å². The van der Waals surface area contributed by atoms with Crippen LogP contribution in [0.3, 0.4) is 0 Å². The molecule has 0 atom stereocenters. The van der Waals surface area contributed by atoms with Gasteiger partial charge in [0.1, 0.15) is 17.1 Å². The molecule has 2 aromatic rings. The molecule has 0 amide bonds. The zero-order valence-electron chi connectivity index (χ0n) is 11.3. The Bertz CT molecular complexity index is 772. The van der Waals surface area contributed by atoms with Crippen LogP contribution in [0.25, 0.3) is 0 Å². The molecule has 0 saturated heterocycles. The Morgan fingerprint density at radius 2 is 1.81 bits per heavy atom. The molecule has 0 bridgehead atoms. The van der Waals surface area contributed by atoms with Crippen LogP contribution in [-0.4, -0.2) is 35.5 Å². The molecule has 0 aliphatic carbocycles. The minimum Gasteiger partial charge on any atom is -0.497 e. The average molecular weight is 307 g/mol. The number of aromatic amines is 2. The predicted molar refractivity (Wildman–Crippen MR) is 80.7 cm³/mol. The number of ether oxygens (including phenoxy) is 2. The first-order valence-corrected chi connectivity index (χ1v) is 6.27. The first-order valence-electron chi connectivity index (χ1n) is 5.86. The standard InChI is InChI=1S/C13H13N3O4S/c1-19-8-3-7(4-9(5-8)20-2)14-6-10-11(17)15-13(21)16-12(10)18/h3-6H,1-2H3,(H3,15,16,17,18,21). The van der Waals surface area contributed by atoms with E-state index in [-0.39, 0.29) is 16.2 Å². The molecule has 110 valence electrons. The van der Waals surface area contributed by atoms with Crippen LogP contribution >= 0.6 is 12.2 Å². The number of hydrogen-bond acceptors (Lipinski definition) is 6. The van der Waals surface area contributed by atoms with Crippen molar-refractivity contribution in [3.63, 3.8) is 0 Å². The Labute approximate surface area is 124 Å². The minimum absolute atomic E-state index is 0.0228. The highest BCUT2D eigenvalue weighted by Crippen LogP contribution is 2.27. The fourth-order valence-electron chi connectivity index (χ4n) is 1.61. The predicted octanol–water partition coefficient (Wildman–Crippen LogP) is 1.91. The van der Waals surface area contributed by atoms with E-state index >= 15 is 0 Å². The molecule has 0 saturated carbocycles. The maximum absolute atomic E-state index is 11.7. The van der Waals surface area contributed by atoms with E-state index in [0.717, 1.165) is 0 Å². The van der Waals surface area contributed by atoms with Crippen LogP contribution in [-0.2, 0) is 0 Å². The van der Waals surface area contributed by atoms with Crippen molar-refractivity contribution in [1.29, 1.82) is 0 Å². The number of nitrogens with one attached hydrogen (secondary N) is 2. The summed E-state index contributed by atoms with van der Waals surface area (Å²) >= 11 is 4.74. The highest BCUT2D eigenvalue weighted by atomic mass is 32.1. The number of aromatic hydroxyl groups is 1. The summed E-state index contributed by atoms with van der Waals surface area (Å²) in [7, 11) is 3.05.